The fourth-order valence-electron chi connectivity index (χ4n) is 4.19. The van der Waals surface area contributed by atoms with Crippen LogP contribution in [0.4, 0.5) is 0 Å². The van der Waals surface area contributed by atoms with Crippen molar-refractivity contribution >= 4 is 17.0 Å². The van der Waals surface area contributed by atoms with Crippen LogP contribution in [0.3, 0.4) is 0 Å². The Kier molecular flexibility index (Phi) is 6.29. The van der Waals surface area contributed by atoms with E-state index < -0.39 is 35.4 Å². The highest BCUT2D eigenvalue weighted by Crippen LogP contribution is 2.30. The number of nitrogens with zero attached hydrogens (tertiary/aromatic N) is 2. The average molecular weight is 466 g/mol. The largest absolute Gasteiger partial charge is 0.419 e. The topological polar surface area (TPSA) is 164 Å². The van der Waals surface area contributed by atoms with E-state index in [-0.39, 0.29) is 26.1 Å². The molecule has 0 aliphatic carbocycles. The lowest BCUT2D eigenvalue weighted by Gasteiger charge is -2.34. The van der Waals surface area contributed by atoms with Gasteiger partial charge in [0, 0.05) is 20.1 Å². The lowest BCUT2D eigenvalue weighted by atomic mass is 9.82. The van der Waals surface area contributed by atoms with Crippen molar-refractivity contribution < 1.29 is 24.2 Å². The summed E-state index contributed by atoms with van der Waals surface area (Å²) in [5.74, 6) is -2.17. The molecule has 0 radical (unpaired) electrons. The van der Waals surface area contributed by atoms with Gasteiger partial charge in [0.05, 0.1) is 30.7 Å². The third-order valence-electron chi connectivity index (χ3n) is 6.39. The molecule has 2 unspecified atom stereocenters. The number of aliphatic hydroxyl groups excluding tert-OH is 1. The highest BCUT2D eigenvalue weighted by atomic mass is 16.5. The van der Waals surface area contributed by atoms with Crippen molar-refractivity contribution in [1.82, 2.24) is 9.88 Å². The number of aryl methyl sites for hydroxylation is 1. The maximum Gasteiger partial charge on any atom is 0.419 e. The number of ether oxygens (including phenoxy) is 1. The number of nitrogens with two attached hydrogens (primary N) is 1. The number of fused-ring (bicyclic) bond motifs is 1. The van der Waals surface area contributed by atoms with Crippen molar-refractivity contribution in [3.63, 3.8) is 0 Å². The monoisotopic (exact) mass is 466 g/mol. The molecule has 1 saturated heterocycles. The number of aromatic nitrogens is 1. The van der Waals surface area contributed by atoms with E-state index in [0.29, 0.717) is 11.1 Å². The third kappa shape index (κ3) is 4.22. The Balaban J connectivity index is 1.58. The molecule has 1 aliphatic rings. The minimum Gasteiger partial charge on any atom is -0.408 e. The fraction of sp³-hybridized carbons (Fsp3) is 0.375. The molecule has 34 heavy (non-hydrogen) atoms. The van der Waals surface area contributed by atoms with Gasteiger partial charge in [0.15, 0.2) is 11.2 Å². The molecule has 0 bridgehead atoms. The zero-order chi connectivity index (χ0) is 24.5. The van der Waals surface area contributed by atoms with Crippen molar-refractivity contribution in [3.05, 3.63) is 58.6 Å². The molecule has 178 valence electrons. The average Bonchev–Trinajstić information content (AvgIpc) is 3.00. The van der Waals surface area contributed by atoms with Crippen LogP contribution in [0, 0.1) is 17.2 Å². The number of oxazole rings is 1. The van der Waals surface area contributed by atoms with Crippen LogP contribution >= 0.6 is 0 Å². The van der Waals surface area contributed by atoms with Crippen molar-refractivity contribution in [1.29, 1.82) is 5.26 Å². The molecule has 1 amide bonds. The second-order valence-corrected chi connectivity index (χ2v) is 8.72. The highest BCUT2D eigenvalue weighted by molar-refractivity contribution is 5.85. The molecule has 5 N–H and O–H groups in total. The molecule has 3 atom stereocenters. The number of β-amino-alcohol motifs (C(OH)–C–C–N with tert-alkyl or cyclic N) is 1. The Hall–Kier alpha value is -3.49. The number of nitrogens with one attached hydrogen (secondary N) is 1. The van der Waals surface area contributed by atoms with Crippen LogP contribution < -0.4 is 16.8 Å². The Morgan fingerprint density at radius 3 is 2.62 bits per heavy atom. The smallest absolute Gasteiger partial charge is 0.408 e. The van der Waals surface area contributed by atoms with E-state index in [1.165, 1.54) is 4.57 Å². The van der Waals surface area contributed by atoms with Crippen LogP contribution in [0.15, 0.2) is 51.7 Å². The molecule has 3 aromatic rings. The first-order valence-corrected chi connectivity index (χ1v) is 10.8. The van der Waals surface area contributed by atoms with E-state index in [0.717, 1.165) is 16.7 Å². The summed E-state index contributed by atoms with van der Waals surface area (Å²) in [6, 6.07) is 15.1. The molecular formula is C24H26N4O6. The van der Waals surface area contributed by atoms with Crippen molar-refractivity contribution in [3.8, 4) is 17.2 Å². The van der Waals surface area contributed by atoms with Crippen LogP contribution in [0.2, 0.25) is 0 Å². The van der Waals surface area contributed by atoms with Gasteiger partial charge in [-0.3, -0.25) is 9.36 Å². The molecule has 10 heteroatoms. The van der Waals surface area contributed by atoms with Gasteiger partial charge in [-0.1, -0.05) is 30.3 Å². The lowest BCUT2D eigenvalue weighted by molar-refractivity contribution is -0.158. The first-order chi connectivity index (χ1) is 16.2. The van der Waals surface area contributed by atoms with Crippen LogP contribution in [-0.4, -0.2) is 58.2 Å². The second kappa shape index (κ2) is 9.04. The number of aliphatic hydroxyl groups is 2. The Morgan fingerprint density at radius 1 is 1.26 bits per heavy atom. The van der Waals surface area contributed by atoms with E-state index in [9.17, 15) is 25.1 Å². The van der Waals surface area contributed by atoms with Crippen molar-refractivity contribution in [2.75, 3.05) is 26.3 Å². The maximum absolute atomic E-state index is 12.4. The van der Waals surface area contributed by atoms with Gasteiger partial charge in [0.2, 0.25) is 0 Å². The number of hydrogen-bond donors (Lipinski definition) is 4. The van der Waals surface area contributed by atoms with Gasteiger partial charge in [-0.05, 0) is 35.2 Å². The van der Waals surface area contributed by atoms with Gasteiger partial charge in [0.1, 0.15) is 5.60 Å². The Morgan fingerprint density at radius 2 is 1.97 bits per heavy atom. The zero-order valence-corrected chi connectivity index (χ0v) is 18.7. The fourth-order valence-corrected chi connectivity index (χ4v) is 4.19. The van der Waals surface area contributed by atoms with Crippen LogP contribution in [0.1, 0.15) is 5.56 Å². The summed E-state index contributed by atoms with van der Waals surface area (Å²) in [7, 11) is 1.64. The molecule has 10 nitrogen and oxygen atoms in total. The number of carbonyl (C=O) groups excluding carboxylic acids is 1. The summed E-state index contributed by atoms with van der Waals surface area (Å²) in [6.07, 6.45) is 0.189. The summed E-state index contributed by atoms with van der Waals surface area (Å²) in [5.41, 5.74) is 6.19. The van der Waals surface area contributed by atoms with E-state index in [2.05, 4.69) is 11.4 Å². The van der Waals surface area contributed by atoms with E-state index in [1.54, 1.807) is 13.1 Å². The van der Waals surface area contributed by atoms with Crippen LogP contribution in [0.5, 0.6) is 0 Å². The number of amides is 1. The van der Waals surface area contributed by atoms with Crippen LogP contribution in [-0.2, 0) is 23.0 Å². The predicted octanol–water partition coefficient (Wildman–Crippen LogP) is 0.0481. The predicted molar refractivity (Wildman–Crippen MR) is 122 cm³/mol. The van der Waals surface area contributed by atoms with Crippen molar-refractivity contribution in [2.24, 2.45) is 18.7 Å². The summed E-state index contributed by atoms with van der Waals surface area (Å²) >= 11 is 0. The standard InChI is InChI=1S/C24H26N4O6/c1-28-19-9-17(6-7-20(19)34-22(28)31)16-4-2-15(3-5-16)8-18(10-25)24(21(26)30)12-27-11-23(32,13-29)14-33-24/h2-7,9,18,27,29,32H,8,11-14H2,1H3,(H2,26,30)/t18-,23?,24?/m0/s1. The second-order valence-electron chi connectivity index (χ2n) is 8.72. The molecule has 1 fully saturated rings. The number of nitriles is 1. The molecule has 2 heterocycles. The quantitative estimate of drug-likeness (QED) is 0.396. The van der Waals surface area contributed by atoms with E-state index >= 15 is 0 Å². The highest BCUT2D eigenvalue weighted by Gasteiger charge is 2.49. The van der Waals surface area contributed by atoms with Gasteiger partial charge in [-0.25, -0.2) is 4.79 Å². The summed E-state index contributed by atoms with van der Waals surface area (Å²) in [6.45, 7) is -0.968. The first kappa shape index (κ1) is 23.7. The Bertz CT molecular complexity index is 1310. The summed E-state index contributed by atoms with van der Waals surface area (Å²) in [5, 5.41) is 32.6. The molecule has 1 aliphatic heterocycles. The number of hydrogen-bond acceptors (Lipinski definition) is 8. The SMILES string of the molecule is Cn1c(=O)oc2ccc(-c3ccc(C[C@@H](C#N)C4(C(N)=O)CNCC(O)(CO)CO4)cc3)cc21. The van der Waals surface area contributed by atoms with Crippen molar-refractivity contribution in [2.45, 2.75) is 17.6 Å². The first-order valence-electron chi connectivity index (χ1n) is 10.8. The molecule has 0 spiro atoms. The number of rotatable bonds is 6. The van der Waals surface area contributed by atoms with Gasteiger partial charge in [0.25, 0.3) is 5.91 Å². The normalized spacial score (nSPS) is 23.8. The van der Waals surface area contributed by atoms with Crippen LogP contribution in [0.25, 0.3) is 22.2 Å². The Labute approximate surface area is 195 Å². The molecular weight excluding hydrogens is 440 g/mol. The molecule has 0 saturated carbocycles. The summed E-state index contributed by atoms with van der Waals surface area (Å²) < 4.78 is 12.3. The molecule has 1 aromatic heterocycles. The number of benzene rings is 2. The summed E-state index contributed by atoms with van der Waals surface area (Å²) in [4.78, 5) is 24.2. The molecule has 4 rings (SSSR count). The van der Waals surface area contributed by atoms with Gasteiger partial charge < -0.3 is 30.4 Å². The lowest BCUT2D eigenvalue weighted by Crippen LogP contribution is -2.57. The minimum atomic E-state index is -1.66. The van der Waals surface area contributed by atoms with E-state index in [1.807, 2.05) is 36.4 Å². The van der Waals surface area contributed by atoms with Gasteiger partial charge >= 0.3 is 5.76 Å². The minimum absolute atomic E-state index is 0.00200. The third-order valence-corrected chi connectivity index (χ3v) is 6.39. The van der Waals surface area contributed by atoms with E-state index in [4.69, 9.17) is 14.9 Å². The number of carbonyl (C=O) groups is 1. The zero-order valence-electron chi connectivity index (χ0n) is 18.7. The maximum atomic E-state index is 12.4. The number of primary amides is 1. The van der Waals surface area contributed by atoms with Gasteiger partial charge in [-0.15, -0.1) is 0 Å². The molecule has 2 aromatic carbocycles. The van der Waals surface area contributed by atoms with Gasteiger partial charge in [-0.2, -0.15) is 5.26 Å².